The second-order valence-electron chi connectivity index (χ2n) is 6.84. The summed E-state index contributed by atoms with van der Waals surface area (Å²) < 4.78 is 5.46. The van der Waals surface area contributed by atoms with Gasteiger partial charge >= 0.3 is 11.9 Å². The fourth-order valence-corrected chi connectivity index (χ4v) is 2.42. The van der Waals surface area contributed by atoms with Gasteiger partial charge in [-0.05, 0) is 52.5 Å². The number of esters is 1. The monoisotopic (exact) mass is 287 g/mol. The van der Waals surface area contributed by atoms with Gasteiger partial charge in [0.2, 0.25) is 0 Å². The summed E-state index contributed by atoms with van der Waals surface area (Å²) >= 11 is 0. The van der Waals surface area contributed by atoms with Gasteiger partial charge in [0.1, 0.15) is 5.60 Å². The molecule has 1 atom stereocenters. The Morgan fingerprint density at radius 1 is 1.25 bits per heavy atom. The molecule has 0 aliphatic carbocycles. The second kappa shape index (κ2) is 7.62. The summed E-state index contributed by atoms with van der Waals surface area (Å²) in [5.41, 5.74) is 3.92. The van der Waals surface area contributed by atoms with Crippen LogP contribution in [0.2, 0.25) is 0 Å². The molecule has 0 aliphatic rings. The van der Waals surface area contributed by atoms with Crippen LogP contribution in [0.3, 0.4) is 0 Å². The van der Waals surface area contributed by atoms with Gasteiger partial charge in [0.15, 0.2) is 0 Å². The molecule has 118 valence electrons. The van der Waals surface area contributed by atoms with Crippen molar-refractivity contribution < 1.29 is 19.4 Å². The number of hydrogen-bond acceptors (Lipinski definition) is 4. The van der Waals surface area contributed by atoms with Crippen LogP contribution in [0.4, 0.5) is 0 Å². The molecule has 0 unspecified atom stereocenters. The molecule has 5 heteroatoms. The highest BCUT2D eigenvalue weighted by Crippen LogP contribution is 2.38. The van der Waals surface area contributed by atoms with E-state index < -0.39 is 23.0 Å². The number of aliphatic carboxylic acids is 1. The molecule has 0 aromatic rings. The van der Waals surface area contributed by atoms with Gasteiger partial charge in [0.25, 0.3) is 0 Å². The molecule has 0 saturated carbocycles. The van der Waals surface area contributed by atoms with Crippen molar-refractivity contribution in [2.45, 2.75) is 65.9 Å². The highest BCUT2D eigenvalue weighted by molar-refractivity contribution is 5.83. The molecule has 0 heterocycles. The molecule has 0 aromatic carbocycles. The van der Waals surface area contributed by atoms with E-state index >= 15 is 0 Å². The van der Waals surface area contributed by atoms with Crippen molar-refractivity contribution in [1.29, 1.82) is 0 Å². The number of rotatable bonds is 8. The lowest BCUT2D eigenvalue weighted by molar-refractivity contribution is -0.173. The van der Waals surface area contributed by atoms with E-state index in [1.54, 1.807) is 20.8 Å². The maximum absolute atomic E-state index is 12.5. The summed E-state index contributed by atoms with van der Waals surface area (Å²) in [6.07, 6.45) is 1.34. The third-order valence-electron chi connectivity index (χ3n) is 2.98. The minimum absolute atomic E-state index is 0.208. The molecule has 0 radical (unpaired) electrons. The van der Waals surface area contributed by atoms with Gasteiger partial charge in [-0.2, -0.15) is 0 Å². The smallest absolute Gasteiger partial charge is 0.313 e. The molecule has 0 bridgehead atoms. The summed E-state index contributed by atoms with van der Waals surface area (Å²) in [6.45, 7) is 9.74. The van der Waals surface area contributed by atoms with Gasteiger partial charge in [0, 0.05) is 0 Å². The molecule has 0 spiro atoms. The summed E-state index contributed by atoms with van der Waals surface area (Å²) in [6, 6.07) is 0. The molecule has 20 heavy (non-hydrogen) atoms. The van der Waals surface area contributed by atoms with Crippen LogP contribution in [0.5, 0.6) is 0 Å². The summed E-state index contributed by atoms with van der Waals surface area (Å²) in [5, 5.41) is 9.17. The number of carbonyl (C=O) groups is 2. The topological polar surface area (TPSA) is 89.6 Å². The van der Waals surface area contributed by atoms with E-state index in [0.717, 1.165) is 0 Å². The standard InChI is InChI=1S/C15H29NO4/c1-11(2)9-15(7-6-8-16,10-12(17)18)13(19)20-14(3,4)5/h11H,6-10,16H2,1-5H3,(H,17,18)/t15-/m0/s1. The quantitative estimate of drug-likeness (QED) is 0.670. The molecular weight excluding hydrogens is 258 g/mol. The Morgan fingerprint density at radius 2 is 1.80 bits per heavy atom. The molecule has 0 aliphatic heterocycles. The van der Waals surface area contributed by atoms with E-state index in [4.69, 9.17) is 15.6 Å². The second-order valence-corrected chi connectivity index (χ2v) is 6.84. The zero-order chi connectivity index (χ0) is 16.0. The molecule has 0 saturated heterocycles. The predicted octanol–water partition coefficient (Wildman–Crippen LogP) is 2.57. The van der Waals surface area contributed by atoms with Gasteiger partial charge in [-0.15, -0.1) is 0 Å². The average Bonchev–Trinajstić information content (AvgIpc) is 2.21. The normalized spacial score (nSPS) is 14.9. The maximum Gasteiger partial charge on any atom is 0.313 e. The number of carboxylic acids is 1. The van der Waals surface area contributed by atoms with Crippen LogP contribution in [-0.2, 0) is 14.3 Å². The fourth-order valence-electron chi connectivity index (χ4n) is 2.42. The van der Waals surface area contributed by atoms with Crippen molar-refractivity contribution in [1.82, 2.24) is 0 Å². The van der Waals surface area contributed by atoms with Crippen LogP contribution in [0.15, 0.2) is 0 Å². The van der Waals surface area contributed by atoms with Gasteiger partial charge in [-0.3, -0.25) is 9.59 Å². The molecule has 0 amide bonds. The number of ether oxygens (including phenoxy) is 1. The van der Waals surface area contributed by atoms with Crippen molar-refractivity contribution in [3.63, 3.8) is 0 Å². The zero-order valence-electron chi connectivity index (χ0n) is 13.4. The first kappa shape index (κ1) is 18.9. The molecular formula is C15H29NO4. The number of hydrogen-bond donors (Lipinski definition) is 2. The van der Waals surface area contributed by atoms with Crippen molar-refractivity contribution in [3.8, 4) is 0 Å². The van der Waals surface area contributed by atoms with E-state index in [1.807, 2.05) is 13.8 Å². The maximum atomic E-state index is 12.5. The first-order chi connectivity index (χ1) is 9.02. The lowest BCUT2D eigenvalue weighted by atomic mass is 9.73. The minimum Gasteiger partial charge on any atom is -0.481 e. The SMILES string of the molecule is CC(C)C[C@@](CCCN)(CC(=O)O)C(=O)OC(C)(C)C. The van der Waals surface area contributed by atoms with Crippen LogP contribution in [0, 0.1) is 11.3 Å². The lowest BCUT2D eigenvalue weighted by Crippen LogP contribution is -2.40. The average molecular weight is 287 g/mol. The Kier molecular flexibility index (Phi) is 7.20. The summed E-state index contributed by atoms with van der Waals surface area (Å²) in [5.74, 6) is -1.19. The minimum atomic E-state index is -0.980. The first-order valence-electron chi connectivity index (χ1n) is 7.18. The zero-order valence-corrected chi connectivity index (χ0v) is 13.4. The van der Waals surface area contributed by atoms with Gasteiger partial charge in [0.05, 0.1) is 11.8 Å². The van der Waals surface area contributed by atoms with E-state index in [-0.39, 0.29) is 12.3 Å². The molecule has 0 rings (SSSR count). The van der Waals surface area contributed by atoms with Crippen molar-refractivity contribution in [2.75, 3.05) is 6.54 Å². The van der Waals surface area contributed by atoms with Gasteiger partial charge in [-0.1, -0.05) is 13.8 Å². The van der Waals surface area contributed by atoms with Gasteiger partial charge < -0.3 is 15.6 Å². The Labute approximate surface area is 121 Å². The number of carbonyl (C=O) groups excluding carboxylic acids is 1. The molecule has 3 N–H and O–H groups in total. The molecule has 0 fully saturated rings. The summed E-state index contributed by atoms with van der Waals surface area (Å²) in [4.78, 5) is 23.7. The van der Waals surface area contributed by atoms with Crippen molar-refractivity contribution >= 4 is 11.9 Å². The highest BCUT2D eigenvalue weighted by atomic mass is 16.6. The summed E-state index contributed by atoms with van der Waals surface area (Å²) in [7, 11) is 0. The molecule has 0 aromatic heterocycles. The van der Waals surface area contributed by atoms with Crippen LogP contribution in [-0.4, -0.2) is 29.2 Å². The molecule has 5 nitrogen and oxygen atoms in total. The van der Waals surface area contributed by atoms with E-state index in [9.17, 15) is 9.59 Å². The van der Waals surface area contributed by atoms with E-state index in [1.165, 1.54) is 0 Å². The third kappa shape index (κ3) is 6.89. The van der Waals surface area contributed by atoms with Crippen LogP contribution >= 0.6 is 0 Å². The van der Waals surface area contributed by atoms with Crippen molar-refractivity contribution in [2.24, 2.45) is 17.1 Å². The largest absolute Gasteiger partial charge is 0.481 e. The first-order valence-corrected chi connectivity index (χ1v) is 7.18. The Morgan fingerprint density at radius 3 is 2.15 bits per heavy atom. The van der Waals surface area contributed by atoms with Crippen molar-refractivity contribution in [3.05, 3.63) is 0 Å². The lowest BCUT2D eigenvalue weighted by Gasteiger charge is -2.34. The van der Waals surface area contributed by atoms with Crippen LogP contribution in [0.25, 0.3) is 0 Å². The Balaban J connectivity index is 5.33. The van der Waals surface area contributed by atoms with Crippen LogP contribution < -0.4 is 5.73 Å². The highest BCUT2D eigenvalue weighted by Gasteiger charge is 2.43. The number of nitrogens with two attached hydrogens (primary N) is 1. The predicted molar refractivity (Wildman–Crippen MR) is 78.3 cm³/mol. The fraction of sp³-hybridized carbons (Fsp3) is 0.867. The Bertz CT molecular complexity index is 333. The Hall–Kier alpha value is -1.10. The third-order valence-corrected chi connectivity index (χ3v) is 2.98. The van der Waals surface area contributed by atoms with E-state index in [2.05, 4.69) is 0 Å². The number of carboxylic acid groups (broad SMARTS) is 1. The van der Waals surface area contributed by atoms with Crippen LogP contribution in [0.1, 0.15) is 60.3 Å². The van der Waals surface area contributed by atoms with Gasteiger partial charge in [-0.25, -0.2) is 0 Å². The van der Waals surface area contributed by atoms with E-state index in [0.29, 0.717) is 25.8 Å².